The van der Waals surface area contributed by atoms with Crippen LogP contribution in [0, 0.1) is 0 Å². The van der Waals surface area contributed by atoms with Crippen LogP contribution in [0.5, 0.6) is 0 Å². The van der Waals surface area contributed by atoms with E-state index in [0.717, 1.165) is 30.1 Å². The van der Waals surface area contributed by atoms with Gasteiger partial charge in [-0.15, -0.1) is 5.10 Å². The molecule has 0 radical (unpaired) electrons. The van der Waals surface area contributed by atoms with Gasteiger partial charge in [0.05, 0.1) is 6.04 Å². The first kappa shape index (κ1) is 9.59. The molecule has 0 amide bonds. The van der Waals surface area contributed by atoms with E-state index < -0.39 is 0 Å². The van der Waals surface area contributed by atoms with Crippen molar-refractivity contribution >= 4 is 11.3 Å². The average Bonchev–Trinajstić information content (AvgIpc) is 2.73. The minimum Gasteiger partial charge on any atom is -0.399 e. The number of piperidine rings is 1. The summed E-state index contributed by atoms with van der Waals surface area (Å²) in [7, 11) is 0. The van der Waals surface area contributed by atoms with Gasteiger partial charge in [-0.2, -0.15) is 0 Å². The molecule has 2 aromatic rings. The topological polar surface area (TPSA) is 68.2 Å². The summed E-state index contributed by atoms with van der Waals surface area (Å²) in [5.74, 6) is 0.880. The van der Waals surface area contributed by atoms with Gasteiger partial charge in [0.15, 0.2) is 11.5 Å². The van der Waals surface area contributed by atoms with Crippen molar-refractivity contribution in [2.45, 2.75) is 25.3 Å². The summed E-state index contributed by atoms with van der Waals surface area (Å²) in [6.45, 7) is 1.06. The van der Waals surface area contributed by atoms with Crippen molar-refractivity contribution in [1.29, 1.82) is 0 Å². The fourth-order valence-electron chi connectivity index (χ4n) is 2.13. The third-order valence-electron chi connectivity index (χ3n) is 3.00. The minimum atomic E-state index is 0.301. The highest BCUT2D eigenvalue weighted by Gasteiger charge is 2.18. The van der Waals surface area contributed by atoms with E-state index in [-0.39, 0.29) is 0 Å². The Balaban J connectivity index is 1.97. The van der Waals surface area contributed by atoms with Crippen molar-refractivity contribution in [2.24, 2.45) is 0 Å². The Morgan fingerprint density at radius 1 is 1.44 bits per heavy atom. The zero-order valence-electron chi connectivity index (χ0n) is 9.06. The highest BCUT2D eigenvalue weighted by atomic mass is 15.3. The largest absolute Gasteiger partial charge is 0.399 e. The maximum Gasteiger partial charge on any atom is 0.168 e. The maximum absolute atomic E-state index is 5.71. The Labute approximate surface area is 93.7 Å². The number of fused-ring (bicyclic) bond motifs is 1. The second kappa shape index (κ2) is 3.75. The molecule has 0 aliphatic carbocycles. The molecule has 16 heavy (non-hydrogen) atoms. The predicted molar refractivity (Wildman–Crippen MR) is 62.0 cm³/mol. The van der Waals surface area contributed by atoms with Crippen molar-refractivity contribution < 1.29 is 0 Å². The Bertz CT molecular complexity index is 498. The number of hydrogen-bond donors (Lipinski definition) is 2. The monoisotopic (exact) mass is 217 g/mol. The normalized spacial score (nSPS) is 21.4. The van der Waals surface area contributed by atoms with Crippen LogP contribution in [0.3, 0.4) is 0 Å². The second-order valence-electron chi connectivity index (χ2n) is 4.24. The predicted octanol–water partition coefficient (Wildman–Crippen LogP) is 1.13. The number of nitrogens with one attached hydrogen (secondary N) is 1. The van der Waals surface area contributed by atoms with E-state index in [0.29, 0.717) is 6.04 Å². The first-order chi connectivity index (χ1) is 7.83. The molecular weight excluding hydrogens is 202 g/mol. The lowest BCUT2D eigenvalue weighted by Gasteiger charge is -2.20. The molecule has 5 nitrogen and oxygen atoms in total. The van der Waals surface area contributed by atoms with Crippen LogP contribution in [-0.2, 0) is 0 Å². The number of aromatic nitrogens is 3. The van der Waals surface area contributed by atoms with Crippen LogP contribution in [0.25, 0.3) is 5.65 Å². The number of nitrogens with zero attached hydrogens (tertiary/aromatic N) is 3. The van der Waals surface area contributed by atoms with E-state index in [1.54, 1.807) is 4.52 Å². The highest BCUT2D eigenvalue weighted by Crippen LogP contribution is 2.20. The van der Waals surface area contributed by atoms with Gasteiger partial charge < -0.3 is 11.1 Å². The van der Waals surface area contributed by atoms with Gasteiger partial charge in [-0.3, -0.25) is 0 Å². The molecule has 84 valence electrons. The molecule has 3 heterocycles. The van der Waals surface area contributed by atoms with E-state index >= 15 is 0 Å². The quantitative estimate of drug-likeness (QED) is 0.751. The van der Waals surface area contributed by atoms with Crippen LogP contribution in [-0.4, -0.2) is 21.1 Å². The lowest BCUT2D eigenvalue weighted by atomic mass is 10.0. The molecule has 0 spiro atoms. The minimum absolute atomic E-state index is 0.301. The van der Waals surface area contributed by atoms with Crippen molar-refractivity contribution in [2.75, 3.05) is 12.3 Å². The molecule has 1 aliphatic heterocycles. The summed E-state index contributed by atoms with van der Waals surface area (Å²) in [5, 5.41) is 7.91. The Morgan fingerprint density at radius 3 is 3.19 bits per heavy atom. The van der Waals surface area contributed by atoms with Gasteiger partial charge >= 0.3 is 0 Å². The summed E-state index contributed by atoms with van der Waals surface area (Å²) in [6, 6.07) is 3.98. The summed E-state index contributed by atoms with van der Waals surface area (Å²) in [4.78, 5) is 4.51. The first-order valence-corrected chi connectivity index (χ1v) is 5.68. The van der Waals surface area contributed by atoms with Gasteiger partial charge in [-0.25, -0.2) is 9.50 Å². The van der Waals surface area contributed by atoms with E-state index in [9.17, 15) is 0 Å². The van der Waals surface area contributed by atoms with Crippen molar-refractivity contribution in [3.63, 3.8) is 0 Å². The van der Waals surface area contributed by atoms with Gasteiger partial charge in [-0.05, 0) is 25.5 Å². The van der Waals surface area contributed by atoms with Crippen LogP contribution in [0.2, 0.25) is 0 Å². The lowest BCUT2D eigenvalue weighted by Crippen LogP contribution is -2.27. The first-order valence-electron chi connectivity index (χ1n) is 5.68. The molecule has 1 aliphatic rings. The van der Waals surface area contributed by atoms with Gasteiger partial charge in [0, 0.05) is 18.0 Å². The van der Waals surface area contributed by atoms with E-state index in [1.165, 1.54) is 12.8 Å². The van der Waals surface area contributed by atoms with Gasteiger partial charge in [0.2, 0.25) is 0 Å². The highest BCUT2D eigenvalue weighted by molar-refractivity contribution is 5.50. The van der Waals surface area contributed by atoms with Crippen molar-refractivity contribution in [3.05, 3.63) is 24.2 Å². The third-order valence-corrected chi connectivity index (χ3v) is 3.00. The third kappa shape index (κ3) is 1.63. The van der Waals surface area contributed by atoms with Gasteiger partial charge in [0.25, 0.3) is 0 Å². The SMILES string of the molecule is Nc1ccn2nc(C3CCCCN3)nc2c1. The summed E-state index contributed by atoms with van der Waals surface area (Å²) in [5.41, 5.74) is 7.26. The molecule has 3 rings (SSSR count). The van der Waals surface area contributed by atoms with Crippen LogP contribution in [0.15, 0.2) is 18.3 Å². The number of hydrogen-bond acceptors (Lipinski definition) is 4. The molecule has 1 atom stereocenters. The van der Waals surface area contributed by atoms with Gasteiger partial charge in [-0.1, -0.05) is 6.42 Å². The summed E-state index contributed by atoms with van der Waals surface area (Å²) in [6.07, 6.45) is 5.46. The maximum atomic E-state index is 5.71. The summed E-state index contributed by atoms with van der Waals surface area (Å²) < 4.78 is 1.78. The lowest BCUT2D eigenvalue weighted by molar-refractivity contribution is 0.397. The molecule has 0 aromatic carbocycles. The molecule has 3 N–H and O–H groups in total. The zero-order chi connectivity index (χ0) is 11.0. The van der Waals surface area contributed by atoms with E-state index in [2.05, 4.69) is 15.4 Å². The van der Waals surface area contributed by atoms with Crippen LogP contribution in [0.1, 0.15) is 31.1 Å². The molecule has 0 saturated carbocycles. The van der Waals surface area contributed by atoms with Crippen molar-refractivity contribution in [1.82, 2.24) is 19.9 Å². The van der Waals surface area contributed by atoms with Crippen LogP contribution >= 0.6 is 0 Å². The standard InChI is InChI=1S/C11H15N5/c12-8-4-6-16-10(7-8)14-11(15-16)9-3-1-2-5-13-9/h4,6-7,9,13H,1-3,5,12H2. The van der Waals surface area contributed by atoms with Crippen LogP contribution < -0.4 is 11.1 Å². The Kier molecular flexibility index (Phi) is 2.25. The van der Waals surface area contributed by atoms with E-state index in [4.69, 9.17) is 5.73 Å². The number of nitrogen functional groups attached to an aromatic ring is 1. The second-order valence-corrected chi connectivity index (χ2v) is 4.24. The number of pyridine rings is 1. The number of nitrogens with two attached hydrogens (primary N) is 1. The van der Waals surface area contributed by atoms with Crippen LogP contribution in [0.4, 0.5) is 5.69 Å². The number of rotatable bonds is 1. The molecule has 1 fully saturated rings. The number of anilines is 1. The molecule has 2 aromatic heterocycles. The zero-order valence-corrected chi connectivity index (χ0v) is 9.06. The smallest absolute Gasteiger partial charge is 0.168 e. The average molecular weight is 217 g/mol. The fourth-order valence-corrected chi connectivity index (χ4v) is 2.13. The Hall–Kier alpha value is -1.62. The van der Waals surface area contributed by atoms with Gasteiger partial charge in [0.1, 0.15) is 0 Å². The van der Waals surface area contributed by atoms with E-state index in [1.807, 2.05) is 18.3 Å². The summed E-state index contributed by atoms with van der Waals surface area (Å²) >= 11 is 0. The van der Waals surface area contributed by atoms with Crippen molar-refractivity contribution in [3.8, 4) is 0 Å². The molecular formula is C11H15N5. The molecule has 0 bridgehead atoms. The fraction of sp³-hybridized carbons (Fsp3) is 0.455. The molecule has 1 saturated heterocycles. The Morgan fingerprint density at radius 2 is 2.38 bits per heavy atom. The molecule has 5 heteroatoms. The molecule has 1 unspecified atom stereocenters.